The van der Waals surface area contributed by atoms with Crippen molar-refractivity contribution in [3.63, 3.8) is 0 Å². The molecule has 0 amide bonds. The number of rotatable bonds is 6. The summed E-state index contributed by atoms with van der Waals surface area (Å²) in [5.41, 5.74) is 0. The van der Waals surface area contributed by atoms with Crippen LogP contribution in [-0.2, 0) is 14.8 Å². The van der Waals surface area contributed by atoms with Crippen molar-refractivity contribution < 1.29 is 13.2 Å². The molecule has 0 fully saturated rings. The highest BCUT2D eigenvalue weighted by molar-refractivity contribution is 7.89. The van der Waals surface area contributed by atoms with Gasteiger partial charge in [-0.1, -0.05) is 36.4 Å². The zero-order chi connectivity index (χ0) is 17.2. The first-order valence-electron chi connectivity index (χ1n) is 7.58. The van der Waals surface area contributed by atoms with Crippen LogP contribution in [0.4, 0.5) is 0 Å². The van der Waals surface area contributed by atoms with Crippen LogP contribution in [0.2, 0.25) is 0 Å². The fourth-order valence-corrected chi connectivity index (χ4v) is 4.83. The highest BCUT2D eigenvalue weighted by Crippen LogP contribution is 2.26. The summed E-state index contributed by atoms with van der Waals surface area (Å²) >= 11 is 1.61. The first kappa shape index (κ1) is 17.1. The van der Waals surface area contributed by atoms with Gasteiger partial charge >= 0.3 is 0 Å². The lowest BCUT2D eigenvalue weighted by Gasteiger charge is -2.15. The second kappa shape index (κ2) is 7.03. The van der Waals surface area contributed by atoms with Crippen molar-refractivity contribution in [1.29, 1.82) is 0 Å². The van der Waals surface area contributed by atoms with Crippen molar-refractivity contribution in [2.45, 2.75) is 17.9 Å². The summed E-state index contributed by atoms with van der Waals surface area (Å²) < 4.78 is 33.6. The van der Waals surface area contributed by atoms with Crippen LogP contribution in [0.25, 0.3) is 10.8 Å². The maximum Gasteiger partial charge on any atom is 0.241 e. The van der Waals surface area contributed by atoms with Crippen LogP contribution in [0, 0.1) is 6.92 Å². The quantitative estimate of drug-likeness (QED) is 0.725. The average molecular weight is 361 g/mol. The lowest BCUT2D eigenvalue weighted by atomic mass is 10.1. The number of thiophene rings is 1. The molecule has 1 N–H and O–H groups in total. The highest BCUT2D eigenvalue weighted by Gasteiger charge is 2.20. The lowest BCUT2D eigenvalue weighted by molar-refractivity contribution is 0.110. The van der Waals surface area contributed by atoms with Gasteiger partial charge in [0.1, 0.15) is 6.10 Å². The first-order chi connectivity index (χ1) is 11.5. The standard InChI is InChI=1S/C18H19NO3S2/c1-13-10-11-17(23-13)16(22-2)12-19-24(20,21)18-9-5-7-14-6-3-4-8-15(14)18/h3-11,16,19H,12H2,1-2H3. The Morgan fingerprint density at radius 3 is 2.54 bits per heavy atom. The normalized spacial score (nSPS) is 13.2. The van der Waals surface area contributed by atoms with Crippen molar-refractivity contribution in [2.24, 2.45) is 0 Å². The third kappa shape index (κ3) is 3.52. The molecule has 0 aliphatic rings. The van der Waals surface area contributed by atoms with Gasteiger partial charge in [-0.2, -0.15) is 0 Å². The van der Waals surface area contributed by atoms with Crippen LogP contribution in [0.3, 0.4) is 0 Å². The number of methoxy groups -OCH3 is 1. The van der Waals surface area contributed by atoms with Gasteiger partial charge in [0, 0.05) is 28.8 Å². The molecule has 0 saturated heterocycles. The zero-order valence-corrected chi connectivity index (χ0v) is 15.2. The molecule has 2 aromatic carbocycles. The molecule has 0 saturated carbocycles. The van der Waals surface area contributed by atoms with Crippen LogP contribution >= 0.6 is 11.3 Å². The Hall–Kier alpha value is -1.73. The summed E-state index contributed by atoms with van der Waals surface area (Å²) in [7, 11) is -2.03. The van der Waals surface area contributed by atoms with E-state index in [0.29, 0.717) is 5.39 Å². The van der Waals surface area contributed by atoms with Crippen molar-refractivity contribution in [1.82, 2.24) is 4.72 Å². The molecule has 1 atom stereocenters. The molecule has 0 bridgehead atoms. The number of hydrogen-bond donors (Lipinski definition) is 1. The lowest BCUT2D eigenvalue weighted by Crippen LogP contribution is -2.29. The summed E-state index contributed by atoms with van der Waals surface area (Å²) in [6.45, 7) is 2.21. The molecule has 3 aromatic rings. The smallest absolute Gasteiger partial charge is 0.241 e. The number of fused-ring (bicyclic) bond motifs is 1. The van der Waals surface area contributed by atoms with Gasteiger partial charge in [0.05, 0.1) is 4.90 Å². The Labute approximate surface area is 146 Å². The monoisotopic (exact) mass is 361 g/mol. The van der Waals surface area contributed by atoms with E-state index in [1.54, 1.807) is 30.6 Å². The Bertz CT molecular complexity index is 942. The third-order valence-corrected chi connectivity index (χ3v) is 6.44. The van der Waals surface area contributed by atoms with E-state index in [4.69, 9.17) is 4.74 Å². The van der Waals surface area contributed by atoms with Crippen LogP contribution in [0.1, 0.15) is 15.9 Å². The maximum absolute atomic E-state index is 12.7. The van der Waals surface area contributed by atoms with Gasteiger partial charge in [0.25, 0.3) is 0 Å². The SMILES string of the molecule is COC(CNS(=O)(=O)c1cccc2ccccc12)c1ccc(C)s1. The number of sulfonamides is 1. The Kier molecular flexibility index (Phi) is 5.01. The molecule has 6 heteroatoms. The van der Waals surface area contributed by atoms with E-state index in [2.05, 4.69) is 4.72 Å². The minimum absolute atomic E-state index is 0.196. The molecule has 0 aliphatic heterocycles. The summed E-state index contributed by atoms with van der Waals surface area (Å²) in [6.07, 6.45) is -0.298. The second-order valence-electron chi connectivity index (χ2n) is 5.50. The van der Waals surface area contributed by atoms with E-state index in [1.165, 1.54) is 4.88 Å². The van der Waals surface area contributed by atoms with Crippen LogP contribution < -0.4 is 4.72 Å². The number of aryl methyl sites for hydroxylation is 1. The summed E-state index contributed by atoms with van der Waals surface area (Å²) in [5, 5.41) is 1.62. The number of nitrogens with one attached hydrogen (secondary N) is 1. The molecule has 24 heavy (non-hydrogen) atoms. The fourth-order valence-electron chi connectivity index (χ4n) is 2.62. The predicted molar refractivity (Wildman–Crippen MR) is 97.9 cm³/mol. The molecule has 0 aliphatic carbocycles. The minimum atomic E-state index is -3.62. The highest BCUT2D eigenvalue weighted by atomic mass is 32.2. The van der Waals surface area contributed by atoms with Crippen LogP contribution in [0.5, 0.6) is 0 Å². The van der Waals surface area contributed by atoms with Crippen molar-refractivity contribution >= 4 is 32.1 Å². The molecule has 4 nitrogen and oxygen atoms in total. The Morgan fingerprint density at radius 2 is 1.83 bits per heavy atom. The van der Waals surface area contributed by atoms with Gasteiger partial charge in [-0.15, -0.1) is 11.3 Å². The molecule has 0 spiro atoms. The second-order valence-corrected chi connectivity index (χ2v) is 8.56. The zero-order valence-electron chi connectivity index (χ0n) is 13.5. The largest absolute Gasteiger partial charge is 0.375 e. The molecule has 1 unspecified atom stereocenters. The average Bonchev–Trinajstić information content (AvgIpc) is 3.01. The van der Waals surface area contributed by atoms with E-state index in [1.807, 2.05) is 49.4 Å². The molecule has 1 aromatic heterocycles. The topological polar surface area (TPSA) is 55.4 Å². The van der Waals surface area contributed by atoms with Crippen molar-refractivity contribution in [3.8, 4) is 0 Å². The van der Waals surface area contributed by atoms with E-state index in [9.17, 15) is 8.42 Å². The first-order valence-corrected chi connectivity index (χ1v) is 9.88. The number of hydrogen-bond acceptors (Lipinski definition) is 4. The number of ether oxygens (including phenoxy) is 1. The third-order valence-electron chi connectivity index (χ3n) is 3.86. The molecule has 1 heterocycles. The van der Waals surface area contributed by atoms with E-state index in [0.717, 1.165) is 10.3 Å². The molecular weight excluding hydrogens is 342 g/mol. The Balaban J connectivity index is 1.85. The summed E-state index contributed by atoms with van der Waals surface area (Å²) in [4.78, 5) is 2.47. The van der Waals surface area contributed by atoms with E-state index in [-0.39, 0.29) is 17.5 Å². The summed E-state index contributed by atoms with van der Waals surface area (Å²) in [5.74, 6) is 0. The van der Waals surface area contributed by atoms with Gasteiger partial charge in [-0.25, -0.2) is 13.1 Å². The van der Waals surface area contributed by atoms with Crippen molar-refractivity contribution in [2.75, 3.05) is 13.7 Å². The Morgan fingerprint density at radius 1 is 1.08 bits per heavy atom. The van der Waals surface area contributed by atoms with Crippen LogP contribution in [0.15, 0.2) is 59.5 Å². The van der Waals surface area contributed by atoms with Gasteiger partial charge in [-0.05, 0) is 30.5 Å². The minimum Gasteiger partial charge on any atom is -0.375 e. The number of benzene rings is 2. The summed E-state index contributed by atoms with van der Waals surface area (Å²) in [6, 6.07) is 16.7. The molecule has 126 valence electrons. The van der Waals surface area contributed by atoms with Gasteiger partial charge in [0.15, 0.2) is 0 Å². The van der Waals surface area contributed by atoms with Gasteiger partial charge in [0.2, 0.25) is 10.0 Å². The molecule has 3 rings (SSSR count). The van der Waals surface area contributed by atoms with Gasteiger partial charge < -0.3 is 4.74 Å². The molecular formula is C18H19NO3S2. The maximum atomic E-state index is 12.7. The van der Waals surface area contributed by atoms with Gasteiger partial charge in [-0.3, -0.25) is 0 Å². The predicted octanol–water partition coefficient (Wildman–Crippen LogP) is 3.88. The fraction of sp³-hybridized carbons (Fsp3) is 0.222. The van der Waals surface area contributed by atoms with E-state index < -0.39 is 10.0 Å². The van der Waals surface area contributed by atoms with E-state index >= 15 is 0 Å². The molecule has 0 radical (unpaired) electrons. The van der Waals surface area contributed by atoms with Crippen molar-refractivity contribution in [3.05, 3.63) is 64.4 Å². The van der Waals surface area contributed by atoms with Crippen LogP contribution in [-0.4, -0.2) is 22.1 Å².